The molecule has 0 aliphatic carbocycles. The molecule has 4 aromatic rings. The number of hydrogen-bond acceptors (Lipinski definition) is 7. The number of aromatic nitrogens is 1. The molecule has 204 valence electrons. The molecule has 7 nitrogen and oxygen atoms in total. The van der Waals surface area contributed by atoms with Gasteiger partial charge in [-0.3, -0.25) is 9.36 Å². The van der Waals surface area contributed by atoms with Crippen molar-refractivity contribution in [2.24, 2.45) is 4.99 Å². The predicted molar refractivity (Wildman–Crippen MR) is 159 cm³/mol. The fraction of sp³-hybridized carbons (Fsp3) is 0.167. The van der Waals surface area contributed by atoms with Gasteiger partial charge >= 0.3 is 5.97 Å². The second-order valence-corrected chi connectivity index (χ2v) is 11.2. The van der Waals surface area contributed by atoms with Gasteiger partial charge in [-0.1, -0.05) is 71.5 Å². The van der Waals surface area contributed by atoms with Crippen LogP contribution in [0.3, 0.4) is 0 Å². The molecule has 10 heteroatoms. The Morgan fingerprint density at radius 1 is 1.12 bits per heavy atom. The summed E-state index contributed by atoms with van der Waals surface area (Å²) in [4.78, 5) is 31.7. The number of carbonyl (C=O) groups is 1. The van der Waals surface area contributed by atoms with Gasteiger partial charge < -0.3 is 14.2 Å². The minimum atomic E-state index is -0.658. The minimum absolute atomic E-state index is 0.258. The lowest BCUT2D eigenvalue weighted by atomic mass is 9.96. The number of hydrogen-bond donors (Lipinski definition) is 0. The SMILES string of the molecule is COC(=O)C1=C(C)N=c2s/c(=C\c3cc(Br)c(OCc4ccccc4Cl)c(OC)c3)c(=O)n2[C@H]1c1ccccc1. The Bertz CT molecular complexity index is 1810. The Morgan fingerprint density at radius 3 is 2.55 bits per heavy atom. The van der Waals surface area contributed by atoms with E-state index < -0.39 is 12.0 Å². The average molecular weight is 640 g/mol. The number of ether oxygens (including phenoxy) is 3. The summed E-state index contributed by atoms with van der Waals surface area (Å²) in [6.07, 6.45) is 1.77. The summed E-state index contributed by atoms with van der Waals surface area (Å²) >= 11 is 11.1. The maximum absolute atomic E-state index is 13.8. The molecule has 0 saturated carbocycles. The number of rotatable bonds is 7. The second-order valence-electron chi connectivity index (χ2n) is 8.90. The predicted octanol–water partition coefficient (Wildman–Crippen LogP) is 5.41. The van der Waals surface area contributed by atoms with Gasteiger partial charge in [-0.2, -0.15) is 0 Å². The highest BCUT2D eigenvalue weighted by Gasteiger charge is 2.32. The van der Waals surface area contributed by atoms with Crippen LogP contribution in [0.15, 0.2) is 92.3 Å². The number of carbonyl (C=O) groups excluding carboxylic acids is 1. The van der Waals surface area contributed by atoms with Crippen molar-refractivity contribution < 1.29 is 19.0 Å². The third-order valence-electron chi connectivity index (χ3n) is 6.42. The smallest absolute Gasteiger partial charge is 0.338 e. The molecular weight excluding hydrogens is 616 g/mol. The maximum Gasteiger partial charge on any atom is 0.338 e. The van der Waals surface area contributed by atoms with Crippen LogP contribution in [0, 0.1) is 0 Å². The maximum atomic E-state index is 13.8. The molecule has 0 bridgehead atoms. The van der Waals surface area contributed by atoms with Crippen molar-refractivity contribution in [1.29, 1.82) is 0 Å². The summed E-state index contributed by atoms with van der Waals surface area (Å²) in [6.45, 7) is 2.01. The number of nitrogens with zero attached hydrogens (tertiary/aromatic N) is 2. The average Bonchev–Trinajstić information content (AvgIpc) is 3.26. The molecule has 1 aliphatic rings. The molecule has 3 aromatic carbocycles. The standard InChI is InChI=1S/C30H24BrClN2O5S/c1-17-25(29(36)38-3)26(19-9-5-4-6-10-19)34-28(35)24(40-30(34)33-17)15-18-13-21(31)27(23(14-18)37-2)39-16-20-11-7-8-12-22(20)32/h4-15,26H,16H2,1-3H3/b24-15-/t26-/m0/s1. The van der Waals surface area contributed by atoms with Gasteiger partial charge in [-0.05, 0) is 58.3 Å². The molecule has 0 spiro atoms. The van der Waals surface area contributed by atoms with Crippen molar-refractivity contribution in [2.45, 2.75) is 19.6 Å². The van der Waals surface area contributed by atoms with Crippen LogP contribution in [-0.2, 0) is 16.1 Å². The third kappa shape index (κ3) is 5.37. The van der Waals surface area contributed by atoms with Crippen molar-refractivity contribution in [2.75, 3.05) is 14.2 Å². The van der Waals surface area contributed by atoms with Gasteiger partial charge in [0, 0.05) is 10.6 Å². The van der Waals surface area contributed by atoms with Crippen LogP contribution in [-0.4, -0.2) is 24.8 Å². The third-order valence-corrected chi connectivity index (χ3v) is 8.36. The molecule has 1 atom stereocenters. The summed E-state index contributed by atoms with van der Waals surface area (Å²) in [7, 11) is 2.88. The van der Waals surface area contributed by atoms with E-state index in [0.29, 0.717) is 41.6 Å². The number of benzene rings is 3. The van der Waals surface area contributed by atoms with E-state index in [1.165, 1.54) is 18.4 Å². The highest BCUT2D eigenvalue weighted by atomic mass is 79.9. The van der Waals surface area contributed by atoms with E-state index in [9.17, 15) is 9.59 Å². The molecule has 2 heterocycles. The summed E-state index contributed by atoms with van der Waals surface area (Å²) in [5.74, 6) is 0.486. The van der Waals surface area contributed by atoms with Gasteiger partial charge in [0.15, 0.2) is 16.3 Å². The molecule has 1 aromatic heterocycles. The zero-order chi connectivity index (χ0) is 28.4. The molecule has 1 aliphatic heterocycles. The lowest BCUT2D eigenvalue weighted by Crippen LogP contribution is -2.39. The molecule has 0 radical (unpaired) electrons. The van der Waals surface area contributed by atoms with Crippen molar-refractivity contribution >= 4 is 50.9 Å². The first-order valence-corrected chi connectivity index (χ1v) is 14.2. The molecule has 40 heavy (non-hydrogen) atoms. The normalized spacial score (nSPS) is 14.9. The van der Waals surface area contributed by atoms with E-state index in [0.717, 1.165) is 16.7 Å². The quantitative estimate of drug-likeness (QED) is 0.253. The number of allylic oxidation sites excluding steroid dienone is 1. The first-order chi connectivity index (χ1) is 19.3. The Hall–Kier alpha value is -3.66. The van der Waals surface area contributed by atoms with E-state index >= 15 is 0 Å². The Kier molecular flexibility index (Phi) is 8.25. The van der Waals surface area contributed by atoms with Crippen LogP contribution < -0.4 is 24.4 Å². The fourth-order valence-corrected chi connectivity index (χ4v) is 6.33. The van der Waals surface area contributed by atoms with Crippen molar-refractivity contribution in [3.63, 3.8) is 0 Å². The van der Waals surface area contributed by atoms with E-state index in [1.807, 2.05) is 60.7 Å². The van der Waals surface area contributed by atoms with Crippen molar-refractivity contribution in [3.05, 3.63) is 124 Å². The van der Waals surface area contributed by atoms with E-state index in [-0.39, 0.29) is 12.2 Å². The van der Waals surface area contributed by atoms with Gasteiger partial charge in [-0.25, -0.2) is 9.79 Å². The van der Waals surface area contributed by atoms with Crippen LogP contribution in [0.5, 0.6) is 11.5 Å². The Balaban J connectivity index is 1.57. The van der Waals surface area contributed by atoms with Gasteiger partial charge in [0.1, 0.15) is 6.61 Å². The van der Waals surface area contributed by atoms with Crippen LogP contribution in [0.1, 0.15) is 29.7 Å². The largest absolute Gasteiger partial charge is 0.493 e. The van der Waals surface area contributed by atoms with Gasteiger partial charge in [0.2, 0.25) is 0 Å². The fourth-order valence-electron chi connectivity index (χ4n) is 4.52. The summed E-state index contributed by atoms with van der Waals surface area (Å²) in [5, 5.41) is 0.615. The van der Waals surface area contributed by atoms with Crippen LogP contribution in [0.25, 0.3) is 6.08 Å². The lowest BCUT2D eigenvalue weighted by molar-refractivity contribution is -0.136. The summed E-state index contributed by atoms with van der Waals surface area (Å²) in [5.41, 5.74) is 2.93. The Labute approximate surface area is 247 Å². The summed E-state index contributed by atoms with van der Waals surface area (Å²) < 4.78 is 19.4. The molecule has 0 fully saturated rings. The highest BCUT2D eigenvalue weighted by molar-refractivity contribution is 9.10. The van der Waals surface area contributed by atoms with Gasteiger partial charge in [0.25, 0.3) is 5.56 Å². The summed E-state index contributed by atoms with van der Waals surface area (Å²) in [6, 6.07) is 19.8. The minimum Gasteiger partial charge on any atom is -0.493 e. The number of methoxy groups -OCH3 is 2. The van der Waals surface area contributed by atoms with Crippen LogP contribution in [0.4, 0.5) is 0 Å². The first-order valence-electron chi connectivity index (χ1n) is 12.2. The molecule has 0 unspecified atom stereocenters. The van der Waals surface area contributed by atoms with Gasteiger partial charge in [-0.15, -0.1) is 0 Å². The highest BCUT2D eigenvalue weighted by Crippen LogP contribution is 2.38. The molecule has 5 rings (SSSR count). The number of fused-ring (bicyclic) bond motifs is 1. The number of thiazole rings is 1. The number of halogens is 2. The molecule has 0 N–H and O–H groups in total. The molecule has 0 amide bonds. The number of esters is 1. The van der Waals surface area contributed by atoms with Gasteiger partial charge in [0.05, 0.1) is 40.5 Å². The lowest BCUT2D eigenvalue weighted by Gasteiger charge is -2.24. The first kappa shape index (κ1) is 27.9. The monoisotopic (exact) mass is 638 g/mol. The topological polar surface area (TPSA) is 79.1 Å². The molecule has 0 saturated heterocycles. The van der Waals surface area contributed by atoms with E-state index in [2.05, 4.69) is 20.9 Å². The van der Waals surface area contributed by atoms with E-state index in [4.69, 9.17) is 25.8 Å². The van der Waals surface area contributed by atoms with Crippen molar-refractivity contribution in [3.8, 4) is 11.5 Å². The molecular formula is C30H24BrClN2O5S. The second kappa shape index (κ2) is 11.8. The van der Waals surface area contributed by atoms with Crippen molar-refractivity contribution in [1.82, 2.24) is 4.57 Å². The van der Waals surface area contributed by atoms with Crippen LogP contribution in [0.2, 0.25) is 5.02 Å². The van der Waals surface area contributed by atoms with E-state index in [1.54, 1.807) is 30.7 Å². The Morgan fingerprint density at radius 2 is 1.85 bits per heavy atom. The zero-order valence-corrected chi connectivity index (χ0v) is 25.0. The zero-order valence-electron chi connectivity index (χ0n) is 21.8. The van der Waals surface area contributed by atoms with Crippen LogP contribution >= 0.6 is 38.9 Å².